The number of hydrazine groups is 2. The number of hydrogen-bond donors (Lipinski definition) is 2. The summed E-state index contributed by atoms with van der Waals surface area (Å²) >= 11 is 1.78. The van der Waals surface area contributed by atoms with Crippen LogP contribution in [0.1, 0.15) is 37.5 Å². The molecule has 0 unspecified atom stereocenters. The molecule has 0 saturated carbocycles. The summed E-state index contributed by atoms with van der Waals surface area (Å²) in [6.07, 6.45) is 2.93. The standard InChI is InChI=1S/C22H26N6S/c1-4-17-10-12-19(13-11-17)28-22(29-15-18-8-6-5-7-9-18)20(14-23-28)21-24-25-26-27(21)16(2)3/h5-14,16,25-26H,4,15H2,1-3H3. The predicted octanol–water partition coefficient (Wildman–Crippen LogP) is 4.12. The Hall–Kier alpha value is -2.77. The molecule has 2 heterocycles. The van der Waals surface area contributed by atoms with Gasteiger partial charge in [-0.3, -0.25) is 5.01 Å². The van der Waals surface area contributed by atoms with Crippen LogP contribution in [-0.4, -0.2) is 26.7 Å². The zero-order valence-corrected chi connectivity index (χ0v) is 17.8. The van der Waals surface area contributed by atoms with Crippen molar-refractivity contribution in [1.82, 2.24) is 25.9 Å². The Morgan fingerprint density at radius 1 is 1.00 bits per heavy atom. The molecule has 7 heteroatoms. The van der Waals surface area contributed by atoms with Gasteiger partial charge in [-0.05, 0) is 43.5 Å². The summed E-state index contributed by atoms with van der Waals surface area (Å²) in [5.41, 5.74) is 10.7. The topological polar surface area (TPSA) is 57.5 Å². The fourth-order valence-electron chi connectivity index (χ4n) is 3.21. The van der Waals surface area contributed by atoms with Gasteiger partial charge in [0.15, 0.2) is 5.84 Å². The van der Waals surface area contributed by atoms with Gasteiger partial charge in [0.25, 0.3) is 0 Å². The molecular formula is C22H26N6S. The molecule has 1 aliphatic heterocycles. The summed E-state index contributed by atoms with van der Waals surface area (Å²) in [4.78, 5) is 0. The van der Waals surface area contributed by atoms with E-state index in [1.807, 2.05) is 22.0 Å². The molecule has 3 aromatic rings. The van der Waals surface area contributed by atoms with Crippen LogP contribution < -0.4 is 11.1 Å². The number of hydrazone groups is 1. The van der Waals surface area contributed by atoms with Crippen molar-refractivity contribution < 1.29 is 0 Å². The second kappa shape index (κ2) is 8.71. The molecule has 0 aliphatic carbocycles. The van der Waals surface area contributed by atoms with Crippen molar-refractivity contribution in [3.05, 3.63) is 77.5 Å². The highest BCUT2D eigenvalue weighted by molar-refractivity contribution is 7.98. The Labute approximate surface area is 175 Å². The van der Waals surface area contributed by atoms with Gasteiger partial charge in [-0.25, -0.2) is 10.2 Å². The van der Waals surface area contributed by atoms with E-state index < -0.39 is 0 Å². The number of benzene rings is 2. The number of nitrogens with zero attached hydrogens (tertiary/aromatic N) is 4. The van der Waals surface area contributed by atoms with E-state index in [4.69, 9.17) is 5.10 Å². The monoisotopic (exact) mass is 406 g/mol. The van der Waals surface area contributed by atoms with E-state index in [1.54, 1.807) is 11.8 Å². The first-order chi connectivity index (χ1) is 14.2. The van der Waals surface area contributed by atoms with Gasteiger partial charge in [-0.15, -0.1) is 22.4 Å². The Balaban J connectivity index is 1.72. The molecule has 2 N–H and O–H groups in total. The SMILES string of the molecule is CCc1ccc(-n2ncc(C3=NNNN3C(C)C)c2SCc2ccccc2)cc1. The van der Waals surface area contributed by atoms with Crippen LogP contribution in [0.2, 0.25) is 0 Å². The molecule has 0 atom stereocenters. The first-order valence-electron chi connectivity index (χ1n) is 9.89. The van der Waals surface area contributed by atoms with Gasteiger partial charge in [0, 0.05) is 11.8 Å². The van der Waals surface area contributed by atoms with Crippen LogP contribution in [0.25, 0.3) is 5.69 Å². The Morgan fingerprint density at radius 3 is 2.45 bits per heavy atom. The van der Waals surface area contributed by atoms with Crippen molar-refractivity contribution in [2.45, 2.75) is 44.0 Å². The second-order valence-corrected chi connectivity index (χ2v) is 8.16. The molecule has 2 aromatic carbocycles. The van der Waals surface area contributed by atoms with E-state index in [0.29, 0.717) is 0 Å². The number of amidine groups is 1. The average molecular weight is 407 g/mol. The van der Waals surface area contributed by atoms with Gasteiger partial charge in [-0.2, -0.15) is 5.10 Å². The van der Waals surface area contributed by atoms with E-state index in [-0.39, 0.29) is 6.04 Å². The van der Waals surface area contributed by atoms with Crippen molar-refractivity contribution in [2.24, 2.45) is 5.10 Å². The summed E-state index contributed by atoms with van der Waals surface area (Å²) in [5, 5.41) is 12.3. The van der Waals surface area contributed by atoms with Gasteiger partial charge < -0.3 is 0 Å². The fourth-order valence-corrected chi connectivity index (χ4v) is 4.28. The van der Waals surface area contributed by atoms with Crippen LogP contribution in [0.15, 0.2) is 70.9 Å². The lowest BCUT2D eigenvalue weighted by atomic mass is 10.1. The number of thioether (sulfide) groups is 1. The molecule has 0 spiro atoms. The highest BCUT2D eigenvalue weighted by atomic mass is 32.2. The molecule has 0 amide bonds. The predicted molar refractivity (Wildman–Crippen MR) is 119 cm³/mol. The maximum Gasteiger partial charge on any atom is 0.177 e. The molecule has 4 rings (SSSR count). The van der Waals surface area contributed by atoms with E-state index in [2.05, 4.69) is 85.5 Å². The molecule has 0 fully saturated rings. The van der Waals surface area contributed by atoms with Gasteiger partial charge in [0.05, 0.1) is 17.4 Å². The first-order valence-corrected chi connectivity index (χ1v) is 10.9. The van der Waals surface area contributed by atoms with Gasteiger partial charge >= 0.3 is 0 Å². The van der Waals surface area contributed by atoms with E-state index >= 15 is 0 Å². The third kappa shape index (κ3) is 4.16. The minimum absolute atomic E-state index is 0.253. The summed E-state index contributed by atoms with van der Waals surface area (Å²) < 4.78 is 2.02. The van der Waals surface area contributed by atoms with Gasteiger partial charge in [0.2, 0.25) is 0 Å². The highest BCUT2D eigenvalue weighted by Crippen LogP contribution is 2.30. The number of rotatable bonds is 7. The molecule has 0 radical (unpaired) electrons. The van der Waals surface area contributed by atoms with Crippen LogP contribution in [0.4, 0.5) is 0 Å². The lowest BCUT2D eigenvalue weighted by molar-refractivity contribution is 0.246. The number of hydrogen-bond acceptors (Lipinski definition) is 6. The lowest BCUT2D eigenvalue weighted by Gasteiger charge is -2.23. The second-order valence-electron chi connectivity index (χ2n) is 7.19. The van der Waals surface area contributed by atoms with E-state index in [0.717, 1.165) is 34.3 Å². The van der Waals surface area contributed by atoms with Gasteiger partial charge in [0.1, 0.15) is 5.03 Å². The largest absolute Gasteiger partial charge is 0.268 e. The molecule has 29 heavy (non-hydrogen) atoms. The van der Waals surface area contributed by atoms with Crippen LogP contribution in [0.3, 0.4) is 0 Å². The summed E-state index contributed by atoms with van der Waals surface area (Å²) in [6, 6.07) is 19.4. The van der Waals surface area contributed by atoms with Gasteiger partial charge in [-0.1, -0.05) is 49.4 Å². The van der Waals surface area contributed by atoms with Crippen molar-refractivity contribution in [3.63, 3.8) is 0 Å². The average Bonchev–Trinajstić information content (AvgIpc) is 3.40. The quantitative estimate of drug-likeness (QED) is 0.578. The third-order valence-corrected chi connectivity index (χ3v) is 5.99. The highest BCUT2D eigenvalue weighted by Gasteiger charge is 2.27. The molecular weight excluding hydrogens is 380 g/mol. The van der Waals surface area contributed by atoms with Crippen LogP contribution in [0, 0.1) is 0 Å². The Bertz CT molecular complexity index is 978. The van der Waals surface area contributed by atoms with Crippen LogP contribution in [-0.2, 0) is 12.2 Å². The van der Waals surface area contributed by atoms with Crippen molar-refractivity contribution >= 4 is 17.6 Å². The summed E-state index contributed by atoms with van der Waals surface area (Å²) in [6.45, 7) is 6.42. The fraction of sp³-hybridized carbons (Fsp3) is 0.273. The minimum atomic E-state index is 0.253. The molecule has 6 nitrogen and oxygen atoms in total. The Morgan fingerprint density at radius 2 is 1.76 bits per heavy atom. The third-order valence-electron chi connectivity index (χ3n) is 4.85. The van der Waals surface area contributed by atoms with Crippen molar-refractivity contribution in [2.75, 3.05) is 0 Å². The van der Waals surface area contributed by atoms with Crippen molar-refractivity contribution in [3.8, 4) is 5.69 Å². The maximum atomic E-state index is 4.73. The van der Waals surface area contributed by atoms with Crippen LogP contribution in [0.5, 0.6) is 0 Å². The molecule has 150 valence electrons. The van der Waals surface area contributed by atoms with E-state index in [9.17, 15) is 0 Å². The zero-order chi connectivity index (χ0) is 20.2. The first kappa shape index (κ1) is 19.5. The van der Waals surface area contributed by atoms with E-state index in [1.165, 1.54) is 11.1 Å². The number of aryl methyl sites for hydroxylation is 1. The normalized spacial score (nSPS) is 13.7. The summed E-state index contributed by atoms with van der Waals surface area (Å²) in [5.74, 6) is 1.72. The lowest BCUT2D eigenvalue weighted by Crippen LogP contribution is -2.45. The molecule has 0 saturated heterocycles. The molecule has 1 aromatic heterocycles. The number of aromatic nitrogens is 2. The smallest absolute Gasteiger partial charge is 0.177 e. The summed E-state index contributed by atoms with van der Waals surface area (Å²) in [7, 11) is 0. The maximum absolute atomic E-state index is 4.73. The molecule has 0 bridgehead atoms. The number of nitrogens with one attached hydrogen (secondary N) is 2. The minimum Gasteiger partial charge on any atom is -0.268 e. The molecule has 1 aliphatic rings. The zero-order valence-electron chi connectivity index (χ0n) is 17.0. The van der Waals surface area contributed by atoms with Crippen molar-refractivity contribution in [1.29, 1.82) is 0 Å². The van der Waals surface area contributed by atoms with Crippen LogP contribution >= 0.6 is 11.8 Å². The Kier molecular flexibility index (Phi) is 5.87.